The largest absolute Gasteiger partial charge is 0.481 e. The molecule has 1 aromatic rings. The number of carboxylic acids is 1. The normalized spacial score (nSPS) is 12.4. The molecule has 0 aliphatic carbocycles. The van der Waals surface area contributed by atoms with E-state index in [1.807, 2.05) is 18.2 Å². The number of carboxylic acid groups (broad SMARTS) is 1. The molecule has 2 nitrogen and oxygen atoms in total. The zero-order valence-corrected chi connectivity index (χ0v) is 10.1. The third-order valence-corrected chi connectivity index (χ3v) is 2.99. The lowest BCUT2D eigenvalue weighted by atomic mass is 9.93. The number of hydrogen-bond acceptors (Lipinski definition) is 1. The Morgan fingerprint density at radius 3 is 2.50 bits per heavy atom. The van der Waals surface area contributed by atoms with Crippen LogP contribution in [0.1, 0.15) is 37.8 Å². The fourth-order valence-corrected chi connectivity index (χ4v) is 1.76. The molecule has 1 atom stereocenters. The van der Waals surface area contributed by atoms with Gasteiger partial charge in [0.05, 0.1) is 0 Å². The summed E-state index contributed by atoms with van der Waals surface area (Å²) in [5, 5.41) is 8.69. The van der Waals surface area contributed by atoms with Gasteiger partial charge in [0, 0.05) is 6.42 Å². The molecule has 1 aromatic carbocycles. The monoisotopic (exact) mass is 220 g/mol. The molecule has 0 bridgehead atoms. The van der Waals surface area contributed by atoms with Gasteiger partial charge in [-0.1, -0.05) is 44.5 Å². The fraction of sp³-hybridized carbons (Fsp3) is 0.500. The van der Waals surface area contributed by atoms with Crippen molar-refractivity contribution in [2.45, 2.75) is 39.5 Å². The van der Waals surface area contributed by atoms with E-state index in [-0.39, 0.29) is 6.42 Å². The van der Waals surface area contributed by atoms with Crippen LogP contribution >= 0.6 is 0 Å². The molecular weight excluding hydrogens is 200 g/mol. The Kier molecular flexibility index (Phi) is 5.03. The first-order valence-corrected chi connectivity index (χ1v) is 5.92. The first-order chi connectivity index (χ1) is 7.63. The summed E-state index contributed by atoms with van der Waals surface area (Å²) in [6.45, 7) is 4.42. The first kappa shape index (κ1) is 12.8. The number of rotatable bonds is 6. The number of carbonyl (C=O) groups is 1. The average Bonchev–Trinajstić information content (AvgIpc) is 2.27. The third-order valence-electron chi connectivity index (χ3n) is 2.99. The molecule has 88 valence electrons. The van der Waals surface area contributed by atoms with E-state index in [1.165, 1.54) is 11.1 Å². The molecule has 0 aromatic heterocycles. The fourth-order valence-electron chi connectivity index (χ4n) is 1.76. The lowest BCUT2D eigenvalue weighted by molar-refractivity contribution is -0.136. The molecule has 1 unspecified atom stereocenters. The van der Waals surface area contributed by atoms with Crippen LogP contribution in [0.15, 0.2) is 24.3 Å². The van der Waals surface area contributed by atoms with Crippen LogP contribution < -0.4 is 0 Å². The van der Waals surface area contributed by atoms with Crippen LogP contribution in [0.5, 0.6) is 0 Å². The van der Waals surface area contributed by atoms with E-state index in [1.54, 1.807) is 0 Å². The number of aliphatic carboxylic acids is 1. The highest BCUT2D eigenvalue weighted by Gasteiger charge is 2.07. The van der Waals surface area contributed by atoms with Crippen molar-refractivity contribution in [2.75, 3.05) is 0 Å². The molecule has 0 aliphatic rings. The summed E-state index contributed by atoms with van der Waals surface area (Å²) in [6.07, 6.45) is 3.07. The second-order valence-electron chi connectivity index (χ2n) is 4.38. The van der Waals surface area contributed by atoms with E-state index < -0.39 is 5.97 Å². The van der Waals surface area contributed by atoms with Crippen molar-refractivity contribution in [1.29, 1.82) is 0 Å². The average molecular weight is 220 g/mol. The van der Waals surface area contributed by atoms with Crippen LogP contribution in [-0.2, 0) is 17.6 Å². The molecule has 0 fully saturated rings. The Morgan fingerprint density at radius 1 is 1.31 bits per heavy atom. The van der Waals surface area contributed by atoms with E-state index >= 15 is 0 Å². The minimum Gasteiger partial charge on any atom is -0.481 e. The summed E-state index contributed by atoms with van der Waals surface area (Å²) in [6, 6.07) is 8.17. The molecule has 1 N–H and O–H groups in total. The Hall–Kier alpha value is -1.31. The predicted octanol–water partition coefficient (Wildman–Crippen LogP) is 3.29. The second kappa shape index (κ2) is 6.31. The van der Waals surface area contributed by atoms with Gasteiger partial charge in [0.1, 0.15) is 0 Å². The molecule has 0 spiro atoms. The topological polar surface area (TPSA) is 37.3 Å². The second-order valence-corrected chi connectivity index (χ2v) is 4.38. The number of hydrogen-bond donors (Lipinski definition) is 1. The summed E-state index contributed by atoms with van der Waals surface area (Å²) in [4.78, 5) is 10.6. The lowest BCUT2D eigenvalue weighted by Gasteiger charge is -2.12. The van der Waals surface area contributed by atoms with Crippen molar-refractivity contribution >= 4 is 5.97 Å². The summed E-state index contributed by atoms with van der Waals surface area (Å²) in [7, 11) is 0. The molecule has 0 radical (unpaired) electrons. The van der Waals surface area contributed by atoms with Crippen LogP contribution in [-0.4, -0.2) is 11.1 Å². The highest BCUT2D eigenvalue weighted by atomic mass is 16.4. The van der Waals surface area contributed by atoms with E-state index in [0.717, 1.165) is 12.8 Å². The molecule has 0 amide bonds. The number of aryl methyl sites for hydroxylation is 1. The van der Waals surface area contributed by atoms with Gasteiger partial charge in [-0.2, -0.15) is 0 Å². The maximum atomic E-state index is 10.6. The van der Waals surface area contributed by atoms with Gasteiger partial charge < -0.3 is 5.11 Å². The lowest BCUT2D eigenvalue weighted by Crippen LogP contribution is -2.04. The maximum absolute atomic E-state index is 10.6. The minimum absolute atomic E-state index is 0.220. The zero-order valence-electron chi connectivity index (χ0n) is 10.1. The summed E-state index contributed by atoms with van der Waals surface area (Å²) >= 11 is 0. The Morgan fingerprint density at radius 2 is 1.94 bits per heavy atom. The quantitative estimate of drug-likeness (QED) is 0.798. The van der Waals surface area contributed by atoms with Gasteiger partial charge in [-0.15, -0.1) is 0 Å². The van der Waals surface area contributed by atoms with Gasteiger partial charge in [0.2, 0.25) is 0 Å². The van der Waals surface area contributed by atoms with Crippen molar-refractivity contribution in [3.63, 3.8) is 0 Å². The molecule has 0 saturated heterocycles. The van der Waals surface area contributed by atoms with Crippen LogP contribution in [0.3, 0.4) is 0 Å². The Balaban J connectivity index is 2.71. The van der Waals surface area contributed by atoms with E-state index in [4.69, 9.17) is 5.11 Å². The first-order valence-electron chi connectivity index (χ1n) is 5.92. The van der Waals surface area contributed by atoms with Crippen LogP contribution in [0.4, 0.5) is 0 Å². The maximum Gasteiger partial charge on any atom is 0.303 e. The summed E-state index contributed by atoms with van der Waals surface area (Å²) in [5.41, 5.74) is 2.49. The van der Waals surface area contributed by atoms with Gasteiger partial charge in [-0.3, -0.25) is 4.79 Å². The summed E-state index contributed by atoms with van der Waals surface area (Å²) in [5.74, 6) is -0.0654. The zero-order chi connectivity index (χ0) is 12.0. The van der Waals surface area contributed by atoms with Crippen molar-refractivity contribution < 1.29 is 9.90 Å². The van der Waals surface area contributed by atoms with Crippen molar-refractivity contribution in [1.82, 2.24) is 0 Å². The molecule has 0 saturated carbocycles. The highest BCUT2D eigenvalue weighted by molar-refractivity contribution is 5.67. The van der Waals surface area contributed by atoms with E-state index in [0.29, 0.717) is 12.3 Å². The van der Waals surface area contributed by atoms with Crippen molar-refractivity contribution in [3.8, 4) is 0 Å². The Labute approximate surface area is 97.3 Å². The van der Waals surface area contributed by atoms with E-state index in [9.17, 15) is 4.79 Å². The SMILES string of the molecule is CCC(C)Cc1ccccc1CCC(=O)O. The summed E-state index contributed by atoms with van der Waals surface area (Å²) < 4.78 is 0. The highest BCUT2D eigenvalue weighted by Crippen LogP contribution is 2.17. The van der Waals surface area contributed by atoms with Crippen LogP contribution in [0.2, 0.25) is 0 Å². The third kappa shape index (κ3) is 4.05. The minimum atomic E-state index is -0.724. The molecule has 1 rings (SSSR count). The van der Waals surface area contributed by atoms with Crippen LogP contribution in [0.25, 0.3) is 0 Å². The van der Waals surface area contributed by atoms with Gasteiger partial charge in [-0.05, 0) is 29.9 Å². The van der Waals surface area contributed by atoms with Crippen LogP contribution in [0, 0.1) is 5.92 Å². The Bertz CT molecular complexity index is 344. The standard InChI is InChI=1S/C14H20O2/c1-3-11(2)10-13-7-5-4-6-12(13)8-9-14(15)16/h4-7,11H,3,8-10H2,1-2H3,(H,15,16). The van der Waals surface area contributed by atoms with E-state index in [2.05, 4.69) is 19.9 Å². The van der Waals surface area contributed by atoms with Gasteiger partial charge in [0.15, 0.2) is 0 Å². The van der Waals surface area contributed by atoms with Gasteiger partial charge in [-0.25, -0.2) is 0 Å². The number of benzene rings is 1. The molecule has 0 aliphatic heterocycles. The smallest absolute Gasteiger partial charge is 0.303 e. The molecule has 0 heterocycles. The predicted molar refractivity (Wildman–Crippen MR) is 65.6 cm³/mol. The van der Waals surface area contributed by atoms with Crippen molar-refractivity contribution in [2.24, 2.45) is 5.92 Å². The van der Waals surface area contributed by atoms with Crippen molar-refractivity contribution in [3.05, 3.63) is 35.4 Å². The molecule has 16 heavy (non-hydrogen) atoms. The van der Waals surface area contributed by atoms with Gasteiger partial charge in [0.25, 0.3) is 0 Å². The molecular formula is C14H20O2. The molecule has 2 heteroatoms. The van der Waals surface area contributed by atoms with Gasteiger partial charge >= 0.3 is 5.97 Å².